The quantitative estimate of drug-likeness (QED) is 0.180. The number of ether oxygens (including phenoxy) is 1. The number of nitrogens with zero attached hydrogens (tertiary/aromatic N) is 4. The highest BCUT2D eigenvalue weighted by Gasteiger charge is 2.24. The normalized spacial score (nSPS) is 11.9. The van der Waals surface area contributed by atoms with E-state index in [0.717, 1.165) is 66.8 Å². The molecule has 3 heterocycles. The second kappa shape index (κ2) is 12.1. The standard InChI is InChI=1S/C49H30N4O/c1-4-13-31(14-5-1)34-23-25-37-36-19-10-11-22-42(36)53(43(37)29-34)35-24-27-44-41(30-35)39-21-12-20-38-40(26-28-45(54-44)46(38)39)49-51-47(32-15-6-2-7-16-32)50-48(52-49)33-17-8-3-9-18-33/h1-30H. The number of para-hydroxylation sites is 1. The predicted octanol–water partition coefficient (Wildman–Crippen LogP) is 12.6. The van der Waals surface area contributed by atoms with Gasteiger partial charge in [0.25, 0.3) is 0 Å². The third kappa shape index (κ3) is 4.83. The van der Waals surface area contributed by atoms with E-state index >= 15 is 0 Å². The molecule has 0 bridgehead atoms. The fourth-order valence-electron chi connectivity index (χ4n) is 7.94. The summed E-state index contributed by atoms with van der Waals surface area (Å²) >= 11 is 0. The van der Waals surface area contributed by atoms with E-state index in [9.17, 15) is 0 Å². The summed E-state index contributed by atoms with van der Waals surface area (Å²) < 4.78 is 9.07. The Labute approximate surface area is 311 Å². The zero-order chi connectivity index (χ0) is 35.6. The van der Waals surface area contributed by atoms with E-state index in [1.54, 1.807) is 0 Å². The van der Waals surface area contributed by atoms with E-state index in [4.69, 9.17) is 19.7 Å². The first-order chi connectivity index (χ1) is 26.8. The van der Waals surface area contributed by atoms with Crippen LogP contribution in [0.15, 0.2) is 182 Å². The molecule has 0 saturated carbocycles. The van der Waals surface area contributed by atoms with Crippen molar-refractivity contribution in [1.82, 2.24) is 19.5 Å². The average Bonchev–Trinajstić information content (AvgIpc) is 3.58. The fourth-order valence-corrected chi connectivity index (χ4v) is 7.94. The van der Waals surface area contributed by atoms with E-state index in [1.165, 1.54) is 21.9 Å². The van der Waals surface area contributed by atoms with Gasteiger partial charge < -0.3 is 9.30 Å². The van der Waals surface area contributed by atoms with E-state index < -0.39 is 0 Å². The summed E-state index contributed by atoms with van der Waals surface area (Å²) in [6.07, 6.45) is 0. The van der Waals surface area contributed by atoms with Gasteiger partial charge in [0.05, 0.1) is 11.0 Å². The molecule has 0 fully saturated rings. The van der Waals surface area contributed by atoms with E-state index in [2.05, 4.69) is 120 Å². The van der Waals surface area contributed by atoms with Crippen LogP contribution < -0.4 is 4.74 Å². The molecular weight excluding hydrogens is 661 g/mol. The number of benzene rings is 8. The molecule has 0 saturated heterocycles. The molecule has 11 rings (SSSR count). The third-order valence-corrected chi connectivity index (χ3v) is 10.5. The minimum Gasteiger partial charge on any atom is -0.456 e. The number of hydrogen-bond donors (Lipinski definition) is 0. The molecule has 8 aromatic carbocycles. The zero-order valence-corrected chi connectivity index (χ0v) is 29.0. The Morgan fingerprint density at radius 2 is 0.963 bits per heavy atom. The summed E-state index contributed by atoms with van der Waals surface area (Å²) in [6, 6.07) is 63.3. The van der Waals surface area contributed by atoms with Crippen molar-refractivity contribution >= 4 is 32.6 Å². The molecule has 54 heavy (non-hydrogen) atoms. The molecule has 0 spiro atoms. The Bertz CT molecular complexity index is 3010. The molecule has 1 aliphatic rings. The van der Waals surface area contributed by atoms with Crippen molar-refractivity contribution in [2.75, 3.05) is 0 Å². The van der Waals surface area contributed by atoms with Gasteiger partial charge in [-0.3, -0.25) is 0 Å². The molecule has 0 atom stereocenters. The maximum absolute atomic E-state index is 6.69. The van der Waals surface area contributed by atoms with Crippen molar-refractivity contribution < 1.29 is 4.74 Å². The van der Waals surface area contributed by atoms with Crippen LogP contribution in [0.2, 0.25) is 0 Å². The van der Waals surface area contributed by atoms with Crippen LogP contribution in [0.1, 0.15) is 0 Å². The summed E-state index contributed by atoms with van der Waals surface area (Å²) in [5, 5.41) is 4.50. The summed E-state index contributed by atoms with van der Waals surface area (Å²) in [7, 11) is 0. The molecule has 0 radical (unpaired) electrons. The van der Waals surface area contributed by atoms with Crippen molar-refractivity contribution in [3.63, 3.8) is 0 Å². The van der Waals surface area contributed by atoms with Crippen LogP contribution in [-0.4, -0.2) is 19.5 Å². The highest BCUT2D eigenvalue weighted by atomic mass is 16.5. The average molecular weight is 691 g/mol. The van der Waals surface area contributed by atoms with Gasteiger partial charge in [-0.25, -0.2) is 15.0 Å². The second-order valence-corrected chi connectivity index (χ2v) is 13.6. The molecule has 2 aromatic heterocycles. The van der Waals surface area contributed by atoms with Crippen LogP contribution in [0.25, 0.3) is 94.7 Å². The first-order valence-corrected chi connectivity index (χ1v) is 18.1. The van der Waals surface area contributed by atoms with Gasteiger partial charge in [-0.05, 0) is 64.5 Å². The highest BCUT2D eigenvalue weighted by Crippen LogP contribution is 2.49. The molecule has 252 valence electrons. The second-order valence-electron chi connectivity index (χ2n) is 13.6. The van der Waals surface area contributed by atoms with Gasteiger partial charge >= 0.3 is 0 Å². The molecule has 5 nitrogen and oxygen atoms in total. The first-order valence-electron chi connectivity index (χ1n) is 18.1. The predicted molar refractivity (Wildman–Crippen MR) is 219 cm³/mol. The Kier molecular flexibility index (Phi) is 6.79. The Balaban J connectivity index is 1.10. The van der Waals surface area contributed by atoms with Crippen LogP contribution in [-0.2, 0) is 0 Å². The van der Waals surface area contributed by atoms with Crippen LogP contribution in [0.4, 0.5) is 0 Å². The van der Waals surface area contributed by atoms with Gasteiger partial charge in [0.15, 0.2) is 17.5 Å². The van der Waals surface area contributed by atoms with Gasteiger partial charge in [-0.1, -0.05) is 140 Å². The summed E-state index contributed by atoms with van der Waals surface area (Å²) in [4.78, 5) is 15.1. The molecular formula is C49H30N4O. The zero-order valence-electron chi connectivity index (χ0n) is 29.0. The van der Waals surface area contributed by atoms with Crippen molar-refractivity contribution in [1.29, 1.82) is 0 Å². The van der Waals surface area contributed by atoms with Gasteiger partial charge in [0.2, 0.25) is 0 Å². The topological polar surface area (TPSA) is 52.8 Å². The van der Waals surface area contributed by atoms with Crippen molar-refractivity contribution in [2.45, 2.75) is 0 Å². The van der Waals surface area contributed by atoms with Crippen molar-refractivity contribution in [3.05, 3.63) is 182 Å². The Hall–Kier alpha value is -7.37. The lowest BCUT2D eigenvalue weighted by molar-refractivity contribution is 0.487. The smallest absolute Gasteiger partial charge is 0.164 e. The fraction of sp³-hybridized carbons (Fsp3) is 0. The molecule has 1 aliphatic heterocycles. The number of rotatable bonds is 5. The molecule has 5 heteroatoms. The lowest BCUT2D eigenvalue weighted by atomic mass is 9.92. The number of hydrogen-bond acceptors (Lipinski definition) is 4. The molecule has 10 aromatic rings. The minimum atomic E-state index is 0.616. The summed E-state index contributed by atoms with van der Waals surface area (Å²) in [6.45, 7) is 0. The van der Waals surface area contributed by atoms with Crippen molar-refractivity contribution in [3.8, 4) is 73.6 Å². The lowest BCUT2D eigenvalue weighted by Gasteiger charge is -2.23. The molecule has 0 unspecified atom stereocenters. The van der Waals surface area contributed by atoms with E-state index in [0.29, 0.717) is 17.5 Å². The van der Waals surface area contributed by atoms with Gasteiger partial charge in [0, 0.05) is 44.1 Å². The highest BCUT2D eigenvalue weighted by molar-refractivity contribution is 6.12. The molecule has 0 aliphatic carbocycles. The van der Waals surface area contributed by atoms with Crippen molar-refractivity contribution in [2.24, 2.45) is 0 Å². The first kappa shape index (κ1) is 30.3. The summed E-state index contributed by atoms with van der Waals surface area (Å²) in [5.41, 5.74) is 10.7. The van der Waals surface area contributed by atoms with E-state index in [-0.39, 0.29) is 0 Å². The maximum atomic E-state index is 6.69. The number of fused-ring (bicyclic) bond motifs is 5. The van der Waals surface area contributed by atoms with Crippen LogP contribution in [0.5, 0.6) is 11.5 Å². The Morgan fingerprint density at radius 3 is 1.70 bits per heavy atom. The van der Waals surface area contributed by atoms with Crippen LogP contribution >= 0.6 is 0 Å². The van der Waals surface area contributed by atoms with Gasteiger partial charge in [0.1, 0.15) is 11.5 Å². The van der Waals surface area contributed by atoms with Gasteiger partial charge in [-0.15, -0.1) is 0 Å². The minimum absolute atomic E-state index is 0.616. The Morgan fingerprint density at radius 1 is 0.352 bits per heavy atom. The molecule has 0 amide bonds. The molecule has 0 N–H and O–H groups in total. The largest absolute Gasteiger partial charge is 0.456 e. The third-order valence-electron chi connectivity index (χ3n) is 10.5. The SMILES string of the molecule is c1ccc(-c2ccc3c4ccccc4n(-c4ccc5c(c4)-c4cccc6c(-c7nc(-c8ccccc8)nc(-c8ccccc8)n7)ccc(c46)O5)c3c2)cc1. The van der Waals surface area contributed by atoms with E-state index in [1.807, 2.05) is 66.7 Å². The lowest BCUT2D eigenvalue weighted by Crippen LogP contribution is -2.03. The summed E-state index contributed by atoms with van der Waals surface area (Å²) in [5.74, 6) is 3.52. The van der Waals surface area contributed by atoms with Crippen LogP contribution in [0.3, 0.4) is 0 Å². The van der Waals surface area contributed by atoms with Crippen LogP contribution in [0, 0.1) is 0 Å². The number of aromatic nitrogens is 4. The monoisotopic (exact) mass is 690 g/mol. The van der Waals surface area contributed by atoms with Gasteiger partial charge in [-0.2, -0.15) is 0 Å². The maximum Gasteiger partial charge on any atom is 0.164 e.